The number of carbonyl (C=O) groups is 1. The number of nitrogens with zero attached hydrogens (tertiary/aromatic N) is 3. The van der Waals surface area contributed by atoms with Crippen molar-refractivity contribution in [1.82, 2.24) is 15.3 Å². The van der Waals surface area contributed by atoms with Crippen LogP contribution in [0.25, 0.3) is 22.0 Å². The molecular formula is C28H34FN5O5S. The SMILES string of the molecule is CCO[C@H]1C[C@]2(C1)C(=O)N(C)c1cnc3cc(F)c(-c4cnc(OCCNC(C)C)c(NS(C)(=O)=O)c4)cc3c12. The van der Waals surface area contributed by atoms with Crippen LogP contribution in [-0.2, 0) is 25.0 Å². The van der Waals surface area contributed by atoms with E-state index in [1.54, 1.807) is 24.2 Å². The van der Waals surface area contributed by atoms with Crippen LogP contribution in [0, 0.1) is 5.82 Å². The zero-order valence-electron chi connectivity index (χ0n) is 23.2. The van der Waals surface area contributed by atoms with Gasteiger partial charge in [0.1, 0.15) is 18.1 Å². The number of pyridine rings is 2. The quantitative estimate of drug-likeness (QED) is 0.354. The smallest absolute Gasteiger partial charge is 0.238 e. The van der Waals surface area contributed by atoms with E-state index in [1.165, 1.54) is 18.3 Å². The minimum Gasteiger partial charge on any atom is -0.475 e. The topological polar surface area (TPSA) is 123 Å². The standard InChI is InChI=1S/C28H34FN5O5S/c1-6-38-18-12-28(13-18)25-20-10-19(21(29)11-22(20)31-15-24(25)34(4)27(28)35)17-9-23(33-40(5,36)37)26(32-14-17)39-8-7-30-16(2)3/h9-11,14-16,18,30,33H,6-8,12-13H2,1-5H3/t18-,28+. The molecule has 1 amide bonds. The maximum Gasteiger partial charge on any atom is 0.238 e. The van der Waals surface area contributed by atoms with Gasteiger partial charge in [-0.1, -0.05) is 13.8 Å². The normalized spacial score (nSPS) is 20.3. The summed E-state index contributed by atoms with van der Waals surface area (Å²) in [5.74, 6) is -0.478. The summed E-state index contributed by atoms with van der Waals surface area (Å²) < 4.78 is 53.6. The summed E-state index contributed by atoms with van der Waals surface area (Å²) in [5, 5.41) is 3.88. The molecular weight excluding hydrogens is 537 g/mol. The second-order valence-corrected chi connectivity index (χ2v) is 12.5. The Morgan fingerprint density at radius 2 is 1.95 bits per heavy atom. The average Bonchev–Trinajstić information content (AvgIpc) is 3.08. The number of benzene rings is 1. The van der Waals surface area contributed by atoms with Crippen LogP contribution in [-0.4, -0.2) is 69.5 Å². The van der Waals surface area contributed by atoms with Crippen molar-refractivity contribution in [3.05, 3.63) is 42.0 Å². The van der Waals surface area contributed by atoms with Gasteiger partial charge in [-0.25, -0.2) is 17.8 Å². The molecule has 1 aliphatic heterocycles. The minimum absolute atomic E-state index is 0.0199. The first-order chi connectivity index (χ1) is 18.9. The van der Waals surface area contributed by atoms with Gasteiger partial charge in [-0.15, -0.1) is 0 Å². The summed E-state index contributed by atoms with van der Waals surface area (Å²) in [7, 11) is -1.95. The van der Waals surface area contributed by atoms with Crippen LogP contribution in [0.1, 0.15) is 39.2 Å². The highest BCUT2D eigenvalue weighted by Crippen LogP contribution is 2.56. The molecule has 1 aromatic carbocycles. The molecule has 10 nitrogen and oxygen atoms in total. The molecule has 40 heavy (non-hydrogen) atoms. The number of hydrogen-bond donors (Lipinski definition) is 2. The van der Waals surface area contributed by atoms with Crippen LogP contribution in [0.15, 0.2) is 30.6 Å². The van der Waals surface area contributed by atoms with Crippen LogP contribution in [0.4, 0.5) is 15.8 Å². The van der Waals surface area contributed by atoms with Crippen molar-refractivity contribution in [3.63, 3.8) is 0 Å². The summed E-state index contributed by atoms with van der Waals surface area (Å²) in [4.78, 5) is 23.8. The Labute approximate surface area is 233 Å². The second-order valence-electron chi connectivity index (χ2n) is 10.7. The number of aromatic nitrogens is 2. The third-order valence-corrected chi connectivity index (χ3v) is 7.99. The van der Waals surface area contributed by atoms with E-state index in [-0.39, 0.29) is 41.8 Å². The van der Waals surface area contributed by atoms with Crippen molar-refractivity contribution in [2.75, 3.05) is 42.7 Å². The number of ether oxygens (including phenoxy) is 2. The van der Waals surface area contributed by atoms with Gasteiger partial charge in [-0.2, -0.15) is 0 Å². The Bertz CT molecular complexity index is 1570. The highest BCUT2D eigenvalue weighted by Gasteiger charge is 2.59. The molecule has 1 aliphatic carbocycles. The van der Waals surface area contributed by atoms with Gasteiger partial charge in [0, 0.05) is 60.6 Å². The molecule has 3 aromatic rings. The maximum atomic E-state index is 15.5. The lowest BCUT2D eigenvalue weighted by molar-refractivity contribution is -0.133. The number of sulfonamides is 1. The lowest BCUT2D eigenvalue weighted by atomic mass is 9.62. The van der Waals surface area contributed by atoms with Gasteiger partial charge in [0.05, 0.1) is 35.2 Å². The zero-order chi connectivity index (χ0) is 28.8. The predicted octanol–water partition coefficient (Wildman–Crippen LogP) is 3.60. The number of amides is 1. The Balaban J connectivity index is 1.58. The van der Waals surface area contributed by atoms with Crippen LogP contribution >= 0.6 is 0 Å². The molecule has 0 unspecified atom stereocenters. The third-order valence-electron chi connectivity index (χ3n) is 7.40. The molecule has 5 rings (SSSR count). The molecule has 1 fully saturated rings. The molecule has 0 saturated heterocycles. The summed E-state index contributed by atoms with van der Waals surface area (Å²) in [5.41, 5.74) is 1.86. The average molecular weight is 572 g/mol. The van der Waals surface area contributed by atoms with Gasteiger partial charge in [0.25, 0.3) is 0 Å². The highest BCUT2D eigenvalue weighted by atomic mass is 32.2. The number of nitrogens with one attached hydrogen (secondary N) is 2. The van der Waals surface area contributed by atoms with E-state index in [1.807, 2.05) is 20.8 Å². The number of halogens is 1. The minimum atomic E-state index is -3.67. The van der Waals surface area contributed by atoms with Gasteiger partial charge >= 0.3 is 0 Å². The van der Waals surface area contributed by atoms with E-state index in [2.05, 4.69) is 20.0 Å². The van der Waals surface area contributed by atoms with Crippen molar-refractivity contribution < 1.29 is 27.1 Å². The van der Waals surface area contributed by atoms with Crippen LogP contribution < -0.4 is 19.7 Å². The number of hydrogen-bond acceptors (Lipinski definition) is 8. The molecule has 0 radical (unpaired) electrons. The Kier molecular flexibility index (Phi) is 7.45. The van der Waals surface area contributed by atoms with E-state index in [0.29, 0.717) is 48.1 Å². The summed E-state index contributed by atoms with van der Waals surface area (Å²) >= 11 is 0. The van der Waals surface area contributed by atoms with Gasteiger partial charge in [-0.05, 0) is 31.9 Å². The monoisotopic (exact) mass is 571 g/mol. The van der Waals surface area contributed by atoms with Gasteiger partial charge in [-0.3, -0.25) is 14.5 Å². The van der Waals surface area contributed by atoms with Gasteiger partial charge < -0.3 is 19.7 Å². The first-order valence-electron chi connectivity index (χ1n) is 13.3. The van der Waals surface area contributed by atoms with E-state index in [4.69, 9.17) is 9.47 Å². The summed E-state index contributed by atoms with van der Waals surface area (Å²) in [6, 6.07) is 4.78. The Morgan fingerprint density at radius 1 is 1.20 bits per heavy atom. The van der Waals surface area contributed by atoms with Crippen molar-refractivity contribution in [2.24, 2.45) is 0 Å². The maximum absolute atomic E-state index is 15.5. The summed E-state index contributed by atoms with van der Waals surface area (Å²) in [6.45, 7) is 7.30. The van der Waals surface area contributed by atoms with E-state index in [9.17, 15) is 13.2 Å². The number of anilines is 2. The fourth-order valence-electron chi connectivity index (χ4n) is 5.65. The molecule has 3 heterocycles. The van der Waals surface area contributed by atoms with E-state index < -0.39 is 21.3 Å². The molecule has 2 N–H and O–H groups in total. The number of fused-ring (bicyclic) bond motifs is 4. The molecule has 0 atom stereocenters. The molecule has 214 valence electrons. The fraction of sp³-hybridized carbons (Fsp3) is 0.464. The molecule has 1 saturated carbocycles. The number of likely N-dealkylation sites (N-methyl/N-ethyl adjacent to an activating group) is 1. The van der Waals surface area contributed by atoms with Crippen LogP contribution in [0.3, 0.4) is 0 Å². The third kappa shape index (κ3) is 5.11. The molecule has 12 heteroatoms. The lowest BCUT2D eigenvalue weighted by Crippen LogP contribution is -2.52. The highest BCUT2D eigenvalue weighted by molar-refractivity contribution is 7.92. The zero-order valence-corrected chi connectivity index (χ0v) is 24.1. The Morgan fingerprint density at radius 3 is 2.62 bits per heavy atom. The predicted molar refractivity (Wildman–Crippen MR) is 152 cm³/mol. The molecule has 1 spiro atoms. The number of rotatable bonds is 10. The fourth-order valence-corrected chi connectivity index (χ4v) is 6.20. The van der Waals surface area contributed by atoms with Crippen molar-refractivity contribution in [2.45, 2.75) is 51.2 Å². The first kappa shape index (κ1) is 28.2. The summed E-state index contributed by atoms with van der Waals surface area (Å²) in [6.07, 6.45) is 5.16. The second kappa shape index (κ2) is 10.6. The first-order valence-corrected chi connectivity index (χ1v) is 15.2. The molecule has 2 aromatic heterocycles. The van der Waals surface area contributed by atoms with E-state index in [0.717, 1.165) is 11.8 Å². The van der Waals surface area contributed by atoms with E-state index >= 15 is 4.39 Å². The number of carbonyl (C=O) groups excluding carboxylic acids is 1. The van der Waals surface area contributed by atoms with Crippen molar-refractivity contribution in [3.8, 4) is 17.0 Å². The molecule has 2 aliphatic rings. The van der Waals surface area contributed by atoms with Gasteiger partial charge in [0.2, 0.25) is 21.8 Å². The Hall–Kier alpha value is -3.35. The molecule has 0 bridgehead atoms. The van der Waals surface area contributed by atoms with Crippen molar-refractivity contribution in [1.29, 1.82) is 0 Å². The van der Waals surface area contributed by atoms with Crippen LogP contribution in [0.5, 0.6) is 5.88 Å². The lowest BCUT2D eigenvalue weighted by Gasteiger charge is -2.43. The van der Waals surface area contributed by atoms with Crippen LogP contribution in [0.2, 0.25) is 0 Å². The van der Waals surface area contributed by atoms with Crippen molar-refractivity contribution >= 4 is 38.2 Å². The van der Waals surface area contributed by atoms with Gasteiger partial charge in [0.15, 0.2) is 0 Å². The largest absolute Gasteiger partial charge is 0.475 e.